The van der Waals surface area contributed by atoms with Crippen LogP contribution < -0.4 is 0 Å². The van der Waals surface area contributed by atoms with E-state index < -0.39 is 23.6 Å². The number of carbonyl (C=O) groups excluding carboxylic acids is 6. The summed E-state index contributed by atoms with van der Waals surface area (Å²) in [4.78, 5) is 84.1. The Kier molecular flexibility index (Phi) is 22.6. The van der Waals surface area contributed by atoms with E-state index in [-0.39, 0.29) is 37.9 Å². The smallest absolute Gasteiger partial charge is 0.305 e. The summed E-state index contributed by atoms with van der Waals surface area (Å²) < 4.78 is 11.0. The maximum atomic E-state index is 14.1. The van der Waals surface area contributed by atoms with Crippen LogP contribution in [0.3, 0.4) is 0 Å². The molecule has 0 bridgehead atoms. The standard InChI is InChI=1S/C64H86N2O8/c1-3-5-7-9-11-13-15-17-19-21-23-25-27-29-45-73-55(67)33-31-43-65-61(69)51-39-35-47-49-37-41-53-60-54(42-38-50(58(49)60)48-36-40-52(62(65)70)59(51)57(47)48)64(72)66(63(53)71)44-32-34-56(68)74-46-30-28-26-24-22-20-18-16-14-12-10-8-6-4-2/h35-42H,3-34,43-46H2,1-2H3. The SMILES string of the molecule is CCCCCCCCCCCCCCCCOC(=O)CCCN1C(=O)c2ccc3c4ccc5c6c(ccc(c7ccc(c2c37)C1=O)c64)C(=O)N(CCCC(=O)OCCCCCCCCCCCCCCCC)C5=O. The fourth-order valence-corrected chi connectivity index (χ4v) is 11.6. The van der Waals surface area contributed by atoms with E-state index in [4.69, 9.17) is 9.47 Å². The Morgan fingerprint density at radius 1 is 0.324 bits per heavy atom. The average Bonchev–Trinajstić information content (AvgIpc) is 3.40. The van der Waals surface area contributed by atoms with Gasteiger partial charge in [-0.25, -0.2) is 0 Å². The summed E-state index contributed by atoms with van der Waals surface area (Å²) >= 11 is 0. The molecule has 0 spiro atoms. The minimum Gasteiger partial charge on any atom is -0.466 e. The number of nitrogens with zero attached hydrogens (tertiary/aromatic N) is 2. The van der Waals surface area contributed by atoms with Crippen molar-refractivity contribution in [3.05, 3.63) is 70.8 Å². The lowest BCUT2D eigenvalue weighted by Gasteiger charge is -2.30. The van der Waals surface area contributed by atoms with E-state index in [1.807, 2.05) is 24.3 Å². The number of esters is 2. The molecule has 0 unspecified atom stereocenters. The molecular formula is C64H86N2O8. The third-order valence-electron chi connectivity index (χ3n) is 15.9. The highest BCUT2D eigenvalue weighted by Crippen LogP contribution is 2.46. The molecule has 74 heavy (non-hydrogen) atoms. The molecule has 2 heterocycles. The predicted octanol–water partition coefficient (Wildman–Crippen LogP) is 16.5. The van der Waals surface area contributed by atoms with Crippen LogP contribution in [0.25, 0.3) is 43.1 Å². The Morgan fingerprint density at radius 2 is 0.568 bits per heavy atom. The van der Waals surface area contributed by atoms with Crippen LogP contribution in [0.15, 0.2) is 48.5 Å². The number of carbonyl (C=O) groups is 6. The van der Waals surface area contributed by atoms with Gasteiger partial charge in [-0.1, -0.05) is 205 Å². The van der Waals surface area contributed by atoms with Gasteiger partial charge in [0.25, 0.3) is 23.6 Å². The molecule has 5 aromatic carbocycles. The zero-order valence-electron chi connectivity index (χ0n) is 45.2. The zero-order valence-corrected chi connectivity index (χ0v) is 45.2. The van der Waals surface area contributed by atoms with Gasteiger partial charge in [-0.05, 0) is 82.3 Å². The normalized spacial score (nSPS) is 13.5. The third kappa shape index (κ3) is 14.5. The molecule has 0 aromatic heterocycles. The van der Waals surface area contributed by atoms with Crippen LogP contribution in [0, 0.1) is 0 Å². The summed E-state index contributed by atoms with van der Waals surface area (Å²) in [6.45, 7) is 5.51. The largest absolute Gasteiger partial charge is 0.466 e. The van der Waals surface area contributed by atoms with E-state index in [1.165, 1.54) is 151 Å². The van der Waals surface area contributed by atoms with E-state index in [9.17, 15) is 28.8 Å². The second-order valence-corrected chi connectivity index (χ2v) is 21.5. The maximum Gasteiger partial charge on any atom is 0.305 e. The second kappa shape index (κ2) is 29.6. The first-order valence-corrected chi connectivity index (χ1v) is 29.5. The maximum absolute atomic E-state index is 14.1. The van der Waals surface area contributed by atoms with Crippen LogP contribution in [-0.4, -0.2) is 71.7 Å². The van der Waals surface area contributed by atoms with Gasteiger partial charge in [0, 0.05) is 59.0 Å². The summed E-state index contributed by atoms with van der Waals surface area (Å²) in [5.74, 6) is -2.21. The molecule has 10 heteroatoms. The third-order valence-corrected chi connectivity index (χ3v) is 15.9. The van der Waals surface area contributed by atoms with Crippen LogP contribution in [0.5, 0.6) is 0 Å². The minimum atomic E-state index is -0.396. The summed E-state index contributed by atoms with van der Waals surface area (Å²) in [6.07, 6.45) is 36.2. The molecule has 0 saturated carbocycles. The number of rotatable bonds is 38. The van der Waals surface area contributed by atoms with Gasteiger partial charge in [0.2, 0.25) is 0 Å². The lowest BCUT2D eigenvalue weighted by molar-refractivity contribution is -0.144. The van der Waals surface area contributed by atoms with Gasteiger partial charge in [0.15, 0.2) is 0 Å². The molecule has 2 aliphatic rings. The van der Waals surface area contributed by atoms with E-state index in [0.29, 0.717) is 59.1 Å². The quantitative estimate of drug-likeness (QED) is 0.0126. The predicted molar refractivity (Wildman–Crippen MR) is 299 cm³/mol. The molecule has 0 aliphatic carbocycles. The Morgan fingerprint density at radius 3 is 0.824 bits per heavy atom. The van der Waals surface area contributed by atoms with Crippen molar-refractivity contribution in [3.63, 3.8) is 0 Å². The first kappa shape index (κ1) is 56.3. The van der Waals surface area contributed by atoms with Crippen molar-refractivity contribution in [2.24, 2.45) is 0 Å². The van der Waals surface area contributed by atoms with Gasteiger partial charge in [-0.2, -0.15) is 0 Å². The minimum absolute atomic E-state index is 0.104. The van der Waals surface area contributed by atoms with Crippen molar-refractivity contribution in [2.75, 3.05) is 26.3 Å². The van der Waals surface area contributed by atoms with Crippen molar-refractivity contribution in [2.45, 2.75) is 219 Å². The number of hydrogen-bond acceptors (Lipinski definition) is 8. The van der Waals surface area contributed by atoms with E-state index in [1.54, 1.807) is 24.3 Å². The lowest BCUT2D eigenvalue weighted by Crippen LogP contribution is -2.41. The van der Waals surface area contributed by atoms with Gasteiger partial charge >= 0.3 is 11.9 Å². The summed E-state index contributed by atoms with van der Waals surface area (Å²) in [5, 5.41) is 6.04. The molecule has 0 N–H and O–H groups in total. The number of amides is 4. The van der Waals surface area contributed by atoms with Crippen LogP contribution in [0.4, 0.5) is 0 Å². The highest BCUT2D eigenvalue weighted by Gasteiger charge is 2.37. The molecule has 400 valence electrons. The van der Waals surface area contributed by atoms with Crippen LogP contribution in [0.2, 0.25) is 0 Å². The van der Waals surface area contributed by atoms with Gasteiger partial charge in [0.1, 0.15) is 0 Å². The first-order valence-electron chi connectivity index (χ1n) is 29.5. The van der Waals surface area contributed by atoms with E-state index >= 15 is 0 Å². The fraction of sp³-hybridized carbons (Fsp3) is 0.594. The van der Waals surface area contributed by atoms with E-state index in [0.717, 1.165) is 70.8 Å². The number of hydrogen-bond donors (Lipinski definition) is 0. The van der Waals surface area contributed by atoms with Crippen molar-refractivity contribution >= 4 is 78.7 Å². The second-order valence-electron chi connectivity index (χ2n) is 21.5. The van der Waals surface area contributed by atoms with Crippen molar-refractivity contribution in [1.82, 2.24) is 9.80 Å². The molecule has 0 radical (unpaired) electrons. The highest BCUT2D eigenvalue weighted by molar-refractivity contribution is 6.41. The average molecular weight is 1010 g/mol. The number of fused-ring (bicyclic) bond motifs is 2. The monoisotopic (exact) mass is 1010 g/mol. The Bertz CT molecular complexity index is 2370. The van der Waals surface area contributed by atoms with Crippen LogP contribution in [0.1, 0.15) is 261 Å². The molecular weight excluding hydrogens is 925 g/mol. The molecule has 4 amide bonds. The van der Waals surface area contributed by atoms with Gasteiger partial charge in [-0.15, -0.1) is 0 Å². The van der Waals surface area contributed by atoms with Gasteiger partial charge in [-0.3, -0.25) is 38.6 Å². The van der Waals surface area contributed by atoms with Crippen molar-refractivity contribution in [3.8, 4) is 0 Å². The van der Waals surface area contributed by atoms with Gasteiger partial charge in [0.05, 0.1) is 13.2 Å². The van der Waals surface area contributed by atoms with Crippen LogP contribution >= 0.6 is 0 Å². The molecule has 0 atom stereocenters. The Hall–Kier alpha value is -5.38. The van der Waals surface area contributed by atoms with Crippen LogP contribution in [-0.2, 0) is 19.1 Å². The molecule has 0 saturated heterocycles. The molecule has 0 fully saturated rings. The fourth-order valence-electron chi connectivity index (χ4n) is 11.6. The lowest BCUT2D eigenvalue weighted by atomic mass is 9.82. The highest BCUT2D eigenvalue weighted by atomic mass is 16.5. The number of benzene rings is 5. The zero-order chi connectivity index (χ0) is 52.1. The topological polar surface area (TPSA) is 127 Å². The number of ether oxygens (including phenoxy) is 2. The molecule has 2 aliphatic heterocycles. The molecule has 7 rings (SSSR count). The summed E-state index contributed by atoms with van der Waals surface area (Å²) in [6, 6.07) is 14.7. The number of unbranched alkanes of at least 4 members (excludes halogenated alkanes) is 26. The summed E-state index contributed by atoms with van der Waals surface area (Å²) in [7, 11) is 0. The molecule has 5 aromatic rings. The Labute approximate surface area is 441 Å². The van der Waals surface area contributed by atoms with E-state index in [2.05, 4.69) is 13.8 Å². The van der Waals surface area contributed by atoms with Crippen molar-refractivity contribution in [1.29, 1.82) is 0 Å². The van der Waals surface area contributed by atoms with Crippen molar-refractivity contribution < 1.29 is 38.2 Å². The number of imide groups is 2. The summed E-state index contributed by atoms with van der Waals surface area (Å²) in [5.41, 5.74) is 1.70. The Balaban J connectivity index is 0.854. The first-order chi connectivity index (χ1) is 36.3. The van der Waals surface area contributed by atoms with Gasteiger partial charge < -0.3 is 9.47 Å². The molecule has 10 nitrogen and oxygen atoms in total.